The van der Waals surface area contributed by atoms with Crippen LogP contribution in [0.5, 0.6) is 0 Å². The second-order valence-electron chi connectivity index (χ2n) is 7.20. The third-order valence-corrected chi connectivity index (χ3v) is 7.47. The van der Waals surface area contributed by atoms with Crippen LogP contribution in [0, 0.1) is 5.92 Å². The molecule has 1 amide bonds. The lowest BCUT2D eigenvalue weighted by Crippen LogP contribution is -2.27. The standard InChI is InChI=1S/C19H21N3O5S2/c1-12(16-9-14-4-2-3-5-15(14)26-16)20-17(23)10-28-19-22-21-18(27-19)8-13-6-7-29(24,25)11-13/h2-5,9,12-13H,6-8,10-11H2,1H3,(H,20,23). The molecule has 1 aliphatic heterocycles. The summed E-state index contributed by atoms with van der Waals surface area (Å²) >= 11 is 1.15. The zero-order chi connectivity index (χ0) is 20.4. The van der Waals surface area contributed by atoms with Gasteiger partial charge in [-0.05, 0) is 31.4 Å². The number of rotatable bonds is 7. The summed E-state index contributed by atoms with van der Waals surface area (Å²) in [6, 6.07) is 9.34. The van der Waals surface area contributed by atoms with Gasteiger partial charge in [0.15, 0.2) is 9.84 Å². The molecule has 0 radical (unpaired) electrons. The number of hydrogen-bond acceptors (Lipinski definition) is 8. The van der Waals surface area contributed by atoms with Crippen molar-refractivity contribution in [1.82, 2.24) is 15.5 Å². The van der Waals surface area contributed by atoms with Crippen molar-refractivity contribution >= 4 is 38.5 Å². The fourth-order valence-corrected chi connectivity index (χ4v) is 5.81. The molecule has 3 aromatic rings. The Labute approximate surface area is 172 Å². The predicted molar refractivity (Wildman–Crippen MR) is 108 cm³/mol. The van der Waals surface area contributed by atoms with E-state index in [1.54, 1.807) is 0 Å². The Balaban J connectivity index is 1.27. The topological polar surface area (TPSA) is 115 Å². The van der Waals surface area contributed by atoms with Gasteiger partial charge in [0.25, 0.3) is 5.22 Å². The summed E-state index contributed by atoms with van der Waals surface area (Å²) in [5.74, 6) is 1.46. The van der Waals surface area contributed by atoms with E-state index in [1.165, 1.54) is 0 Å². The molecule has 0 aliphatic carbocycles. The Morgan fingerprint density at radius 3 is 2.90 bits per heavy atom. The lowest BCUT2D eigenvalue weighted by molar-refractivity contribution is -0.119. The van der Waals surface area contributed by atoms with E-state index in [2.05, 4.69) is 15.5 Å². The molecule has 1 N–H and O–H groups in total. The van der Waals surface area contributed by atoms with Crippen molar-refractivity contribution in [3.63, 3.8) is 0 Å². The van der Waals surface area contributed by atoms with Crippen LogP contribution in [0.2, 0.25) is 0 Å². The average molecular weight is 436 g/mol. The van der Waals surface area contributed by atoms with Crippen molar-refractivity contribution in [3.8, 4) is 0 Å². The van der Waals surface area contributed by atoms with Gasteiger partial charge in [0, 0.05) is 11.8 Å². The maximum Gasteiger partial charge on any atom is 0.277 e. The van der Waals surface area contributed by atoms with Crippen LogP contribution < -0.4 is 5.32 Å². The largest absolute Gasteiger partial charge is 0.459 e. The zero-order valence-corrected chi connectivity index (χ0v) is 17.5. The van der Waals surface area contributed by atoms with E-state index in [0.717, 1.165) is 22.7 Å². The number of thioether (sulfide) groups is 1. The third-order valence-electron chi connectivity index (χ3n) is 4.81. The molecule has 1 aliphatic rings. The van der Waals surface area contributed by atoms with E-state index in [1.807, 2.05) is 37.3 Å². The summed E-state index contributed by atoms with van der Waals surface area (Å²) in [4.78, 5) is 12.2. The minimum Gasteiger partial charge on any atom is -0.459 e. The van der Waals surface area contributed by atoms with Crippen molar-refractivity contribution in [2.24, 2.45) is 5.92 Å². The van der Waals surface area contributed by atoms with E-state index < -0.39 is 9.84 Å². The van der Waals surface area contributed by atoms with E-state index in [-0.39, 0.29) is 35.1 Å². The molecule has 1 fully saturated rings. The van der Waals surface area contributed by atoms with Gasteiger partial charge in [0.1, 0.15) is 11.3 Å². The molecule has 10 heteroatoms. The van der Waals surface area contributed by atoms with Crippen molar-refractivity contribution in [1.29, 1.82) is 0 Å². The van der Waals surface area contributed by atoms with Gasteiger partial charge in [0.2, 0.25) is 11.8 Å². The van der Waals surface area contributed by atoms with Crippen LogP contribution in [-0.2, 0) is 21.1 Å². The molecule has 1 aromatic carbocycles. The Kier molecular flexibility index (Phi) is 5.64. The maximum atomic E-state index is 12.2. The normalized spacial score (nSPS) is 19.4. The number of aromatic nitrogens is 2. The first-order valence-corrected chi connectivity index (χ1v) is 12.1. The Morgan fingerprint density at radius 1 is 1.31 bits per heavy atom. The molecule has 1 saturated heterocycles. The Morgan fingerprint density at radius 2 is 2.14 bits per heavy atom. The molecule has 3 heterocycles. The number of nitrogens with one attached hydrogen (secondary N) is 1. The molecular formula is C19H21N3O5S2. The summed E-state index contributed by atoms with van der Waals surface area (Å²) in [6.45, 7) is 1.86. The van der Waals surface area contributed by atoms with Crippen molar-refractivity contribution < 1.29 is 22.0 Å². The van der Waals surface area contributed by atoms with Crippen molar-refractivity contribution in [2.75, 3.05) is 17.3 Å². The first kappa shape index (κ1) is 20.0. The summed E-state index contributed by atoms with van der Waals surface area (Å²) < 4.78 is 34.4. The summed E-state index contributed by atoms with van der Waals surface area (Å²) in [7, 11) is -2.93. The highest BCUT2D eigenvalue weighted by Crippen LogP contribution is 2.25. The van der Waals surface area contributed by atoms with Gasteiger partial charge in [-0.2, -0.15) is 0 Å². The predicted octanol–water partition coefficient (Wildman–Crippen LogP) is 2.76. The van der Waals surface area contributed by atoms with Crippen LogP contribution in [0.3, 0.4) is 0 Å². The number of hydrogen-bond donors (Lipinski definition) is 1. The minimum atomic E-state index is -2.93. The van der Waals surface area contributed by atoms with E-state index >= 15 is 0 Å². The van der Waals surface area contributed by atoms with Gasteiger partial charge in [-0.1, -0.05) is 30.0 Å². The second kappa shape index (κ2) is 8.19. The number of para-hydroxylation sites is 1. The van der Waals surface area contributed by atoms with Crippen LogP contribution in [0.15, 0.2) is 44.4 Å². The second-order valence-corrected chi connectivity index (χ2v) is 10.4. The van der Waals surface area contributed by atoms with Gasteiger partial charge >= 0.3 is 0 Å². The fourth-order valence-electron chi connectivity index (χ4n) is 3.36. The number of carbonyl (C=O) groups is 1. The monoisotopic (exact) mass is 435 g/mol. The number of nitrogens with zero attached hydrogens (tertiary/aromatic N) is 2. The highest BCUT2D eigenvalue weighted by Gasteiger charge is 2.29. The van der Waals surface area contributed by atoms with Crippen molar-refractivity contribution in [2.45, 2.75) is 31.0 Å². The zero-order valence-electron chi connectivity index (χ0n) is 15.8. The quantitative estimate of drug-likeness (QED) is 0.563. The summed E-state index contributed by atoms with van der Waals surface area (Å²) in [6.07, 6.45) is 1.07. The lowest BCUT2D eigenvalue weighted by atomic mass is 10.1. The Bertz CT molecular complexity index is 1090. The number of fused-ring (bicyclic) bond motifs is 1. The van der Waals surface area contributed by atoms with Gasteiger partial charge in [-0.3, -0.25) is 4.79 Å². The molecule has 0 spiro atoms. The Hall–Kier alpha value is -2.33. The first-order valence-electron chi connectivity index (χ1n) is 9.31. The summed E-state index contributed by atoms with van der Waals surface area (Å²) in [5, 5.41) is 12.1. The number of carbonyl (C=O) groups excluding carboxylic acids is 1. The SMILES string of the molecule is CC(NC(=O)CSc1nnc(CC2CCS(=O)(=O)C2)o1)c1cc2ccccc2o1. The number of amides is 1. The third kappa shape index (κ3) is 4.99. The molecule has 4 rings (SSSR count). The van der Waals surface area contributed by atoms with E-state index in [4.69, 9.17) is 8.83 Å². The molecule has 0 saturated carbocycles. The van der Waals surface area contributed by atoms with Gasteiger partial charge < -0.3 is 14.2 Å². The highest BCUT2D eigenvalue weighted by atomic mass is 32.2. The van der Waals surface area contributed by atoms with Crippen LogP contribution >= 0.6 is 11.8 Å². The lowest BCUT2D eigenvalue weighted by Gasteiger charge is -2.10. The molecule has 8 nitrogen and oxygen atoms in total. The van der Waals surface area contributed by atoms with Gasteiger partial charge in [-0.15, -0.1) is 10.2 Å². The van der Waals surface area contributed by atoms with Crippen molar-refractivity contribution in [3.05, 3.63) is 42.0 Å². The molecular weight excluding hydrogens is 414 g/mol. The number of benzene rings is 1. The van der Waals surface area contributed by atoms with Crippen LogP contribution in [0.1, 0.15) is 31.0 Å². The fraction of sp³-hybridized carbons (Fsp3) is 0.421. The van der Waals surface area contributed by atoms with Crippen LogP contribution in [0.4, 0.5) is 0 Å². The van der Waals surface area contributed by atoms with E-state index in [9.17, 15) is 13.2 Å². The number of sulfone groups is 1. The van der Waals surface area contributed by atoms with Crippen LogP contribution in [-0.4, -0.2) is 41.8 Å². The summed E-state index contributed by atoms with van der Waals surface area (Å²) in [5.41, 5.74) is 0.784. The molecule has 2 aromatic heterocycles. The molecule has 2 atom stereocenters. The minimum absolute atomic E-state index is 0.0197. The van der Waals surface area contributed by atoms with Gasteiger partial charge in [0.05, 0.1) is 23.3 Å². The van der Waals surface area contributed by atoms with Crippen LogP contribution in [0.25, 0.3) is 11.0 Å². The first-order chi connectivity index (χ1) is 13.9. The maximum absolute atomic E-state index is 12.2. The van der Waals surface area contributed by atoms with Gasteiger partial charge in [-0.25, -0.2) is 8.42 Å². The smallest absolute Gasteiger partial charge is 0.277 e. The molecule has 154 valence electrons. The highest BCUT2D eigenvalue weighted by molar-refractivity contribution is 7.99. The van der Waals surface area contributed by atoms with E-state index in [0.29, 0.717) is 29.7 Å². The average Bonchev–Trinajstić information content (AvgIpc) is 3.38. The molecule has 29 heavy (non-hydrogen) atoms. The number of furan rings is 1. The molecule has 0 bridgehead atoms. The molecule has 2 unspecified atom stereocenters.